The highest BCUT2D eigenvalue weighted by Gasteiger charge is 2.66. The molecule has 0 amide bonds. The second-order valence-electron chi connectivity index (χ2n) is 8.96. The molecule has 3 aromatic carbocycles. The van der Waals surface area contributed by atoms with E-state index < -0.39 is 5.66 Å². The van der Waals surface area contributed by atoms with Gasteiger partial charge in [0.15, 0.2) is 28.7 Å². The number of aromatic nitrogens is 5. The van der Waals surface area contributed by atoms with Crippen molar-refractivity contribution in [2.45, 2.75) is 5.66 Å². The summed E-state index contributed by atoms with van der Waals surface area (Å²) in [5.74, 6) is 4.41. The summed E-state index contributed by atoms with van der Waals surface area (Å²) in [6, 6.07) is 20.9. The third-order valence-corrected chi connectivity index (χ3v) is 7.63. The maximum atomic E-state index is 6.58. The van der Waals surface area contributed by atoms with Crippen LogP contribution < -0.4 is 18.7 Å². The van der Waals surface area contributed by atoms with Crippen LogP contribution in [0.25, 0.3) is 33.3 Å². The molecule has 10 rings (SSSR count). The van der Waals surface area contributed by atoms with Crippen LogP contribution in [0, 0.1) is 0 Å². The first-order valence-electron chi connectivity index (χ1n) is 11.0. The van der Waals surface area contributed by atoms with E-state index in [-0.39, 0.29) is 0 Å². The highest BCUT2D eigenvalue weighted by atomic mass is 16.5. The molecule has 152 valence electrons. The molecule has 1 spiro atoms. The molecule has 7 heteroatoms. The van der Waals surface area contributed by atoms with E-state index in [1.165, 1.54) is 10.8 Å². The van der Waals surface area contributed by atoms with Gasteiger partial charge in [-0.25, -0.2) is 0 Å². The Morgan fingerprint density at radius 3 is 2.55 bits per heavy atom. The highest BCUT2D eigenvalue weighted by molar-refractivity contribution is 6.14. The fourth-order valence-electron chi connectivity index (χ4n) is 6.60. The molecule has 1 atom stereocenters. The molecule has 33 heavy (non-hydrogen) atoms. The zero-order chi connectivity index (χ0) is 21.1. The third-order valence-electron chi connectivity index (χ3n) is 7.63. The average molecular weight is 427 g/mol. The highest BCUT2D eigenvalue weighted by Crippen LogP contribution is 2.57. The largest absolute Gasteiger partial charge is 0.456 e. The summed E-state index contributed by atoms with van der Waals surface area (Å²) in [7, 11) is 0. The van der Waals surface area contributed by atoms with E-state index in [0.29, 0.717) is 0 Å². The predicted octanol–water partition coefficient (Wildman–Crippen LogP) is 3.68. The van der Waals surface area contributed by atoms with Crippen LogP contribution in [-0.4, -0.2) is 14.5 Å². The predicted molar refractivity (Wildman–Crippen MR) is 116 cm³/mol. The van der Waals surface area contributed by atoms with Gasteiger partial charge in [0, 0.05) is 20.7 Å². The Kier molecular flexibility index (Phi) is 2.05. The minimum absolute atomic E-state index is 0.723. The number of pyridine rings is 1. The standard InChI is InChI=1S/C26H13N5O2/c1-4-14-15-9-10-18-22-24(15)30-23(14)19(7-1)33-20-8-3-12-28(25(20)30)26(22)21-16(5-2-6-17(21)32-18)29-13-11-27-31(26)29/h1-13H/q+2. The van der Waals surface area contributed by atoms with Gasteiger partial charge >= 0.3 is 11.5 Å². The number of para-hydroxylation sites is 1. The Bertz CT molecular complexity index is 1950. The van der Waals surface area contributed by atoms with Gasteiger partial charge in [-0.2, -0.15) is 9.13 Å². The van der Waals surface area contributed by atoms with Crippen molar-refractivity contribution >= 4 is 21.8 Å². The van der Waals surface area contributed by atoms with Crippen LogP contribution in [0.5, 0.6) is 23.0 Å². The Labute approximate surface area is 185 Å². The molecule has 0 N–H and O–H groups in total. The first kappa shape index (κ1) is 15.2. The number of benzene rings is 3. The molecule has 0 saturated carbocycles. The molecule has 6 aromatic rings. The summed E-state index contributed by atoms with van der Waals surface area (Å²) in [5, 5.41) is 7.23. The molecule has 0 saturated heterocycles. The molecule has 4 aliphatic rings. The van der Waals surface area contributed by atoms with E-state index in [1.807, 2.05) is 30.6 Å². The summed E-state index contributed by atoms with van der Waals surface area (Å²) in [4.78, 5) is 2.08. The van der Waals surface area contributed by atoms with Crippen LogP contribution in [0.15, 0.2) is 79.3 Å². The zero-order valence-electron chi connectivity index (χ0n) is 17.1. The minimum atomic E-state index is -0.723. The number of fused-ring (bicyclic) bond motifs is 3. The zero-order valence-corrected chi connectivity index (χ0v) is 17.1. The van der Waals surface area contributed by atoms with Gasteiger partial charge in [0.05, 0.1) is 6.20 Å². The maximum absolute atomic E-state index is 6.58. The molecular formula is C26H13N5O2+2. The molecule has 0 radical (unpaired) electrons. The van der Waals surface area contributed by atoms with Gasteiger partial charge in [-0.15, -0.1) is 4.68 Å². The summed E-state index contributed by atoms with van der Waals surface area (Å²) in [5.41, 5.74) is 4.79. The van der Waals surface area contributed by atoms with E-state index in [4.69, 9.17) is 14.6 Å². The van der Waals surface area contributed by atoms with Gasteiger partial charge in [0.2, 0.25) is 11.9 Å². The third kappa shape index (κ3) is 1.30. The van der Waals surface area contributed by atoms with Crippen molar-refractivity contribution in [1.29, 1.82) is 0 Å². The van der Waals surface area contributed by atoms with Gasteiger partial charge in [-0.1, -0.05) is 12.1 Å². The lowest BCUT2D eigenvalue weighted by molar-refractivity contribution is -0.797. The van der Waals surface area contributed by atoms with Crippen LogP contribution >= 0.6 is 0 Å². The molecule has 0 fully saturated rings. The number of nitrogens with zero attached hydrogens (tertiary/aromatic N) is 5. The lowest BCUT2D eigenvalue weighted by Gasteiger charge is -2.35. The normalized spacial score (nSPS) is 18.9. The van der Waals surface area contributed by atoms with Crippen molar-refractivity contribution in [3.8, 4) is 34.5 Å². The first-order chi connectivity index (χ1) is 16.4. The minimum Gasteiger partial charge on any atom is -0.456 e. The lowest BCUT2D eigenvalue weighted by atomic mass is 9.84. The number of rotatable bonds is 0. The molecule has 7 nitrogen and oxygen atoms in total. The monoisotopic (exact) mass is 427 g/mol. The Hall–Kier alpha value is -4.65. The average Bonchev–Trinajstić information content (AvgIpc) is 3.53. The summed E-state index contributed by atoms with van der Waals surface area (Å²) in [6.45, 7) is 0. The quantitative estimate of drug-likeness (QED) is 0.347. The topological polar surface area (TPSA) is 49.0 Å². The van der Waals surface area contributed by atoms with Gasteiger partial charge in [0.1, 0.15) is 22.6 Å². The number of ether oxygens (including phenoxy) is 2. The van der Waals surface area contributed by atoms with E-state index in [0.717, 1.165) is 56.7 Å². The Morgan fingerprint density at radius 1 is 0.727 bits per heavy atom. The molecular weight excluding hydrogens is 414 g/mol. The fourth-order valence-corrected chi connectivity index (χ4v) is 6.60. The summed E-state index contributed by atoms with van der Waals surface area (Å²) in [6.07, 6.45) is 6.00. The fraction of sp³-hybridized carbons (Fsp3) is 0.0385. The number of hydrogen-bond donors (Lipinski definition) is 0. The van der Waals surface area contributed by atoms with Crippen molar-refractivity contribution < 1.29 is 18.7 Å². The molecule has 0 bridgehead atoms. The second kappa shape index (κ2) is 4.45. The van der Waals surface area contributed by atoms with E-state index >= 15 is 0 Å². The van der Waals surface area contributed by atoms with Crippen LogP contribution in [0.1, 0.15) is 11.1 Å². The van der Waals surface area contributed by atoms with Gasteiger partial charge in [0.25, 0.3) is 0 Å². The number of hydrogen-bond acceptors (Lipinski definition) is 3. The molecule has 3 aromatic heterocycles. The molecule has 7 heterocycles. The molecule has 4 aliphatic heterocycles. The van der Waals surface area contributed by atoms with Gasteiger partial charge in [-0.3, -0.25) is 0 Å². The van der Waals surface area contributed by atoms with E-state index in [2.05, 4.69) is 67.3 Å². The van der Waals surface area contributed by atoms with E-state index in [9.17, 15) is 0 Å². The van der Waals surface area contributed by atoms with Crippen LogP contribution in [0.4, 0.5) is 0 Å². The Balaban J connectivity index is 1.60. The van der Waals surface area contributed by atoms with Crippen molar-refractivity contribution in [3.63, 3.8) is 0 Å². The van der Waals surface area contributed by atoms with Crippen LogP contribution in [0.2, 0.25) is 0 Å². The summed E-state index contributed by atoms with van der Waals surface area (Å²) < 4.78 is 19.8. The van der Waals surface area contributed by atoms with Crippen LogP contribution in [0.3, 0.4) is 0 Å². The first-order valence-corrected chi connectivity index (χ1v) is 11.0. The molecule has 0 aliphatic carbocycles. The van der Waals surface area contributed by atoms with Gasteiger partial charge < -0.3 is 9.47 Å². The Morgan fingerprint density at radius 2 is 1.55 bits per heavy atom. The molecule has 1 unspecified atom stereocenters. The van der Waals surface area contributed by atoms with E-state index in [1.54, 1.807) is 0 Å². The van der Waals surface area contributed by atoms with Crippen molar-refractivity contribution in [1.82, 2.24) is 14.5 Å². The van der Waals surface area contributed by atoms with Crippen molar-refractivity contribution in [2.75, 3.05) is 0 Å². The smallest absolute Gasteiger partial charge is 0.333 e. The SMILES string of the molecule is c1cc2c3c(c1)-[n+]1ccnn1C31c3c(ccc4c5cccc6c5n(c34)-c3c(ccc[n+]31)O6)O2. The lowest BCUT2D eigenvalue weighted by Crippen LogP contribution is -2.67. The van der Waals surface area contributed by atoms with Crippen molar-refractivity contribution in [2.24, 2.45) is 0 Å². The van der Waals surface area contributed by atoms with Crippen molar-refractivity contribution in [3.05, 3.63) is 90.4 Å². The van der Waals surface area contributed by atoms with Gasteiger partial charge in [-0.05, 0) is 48.5 Å². The van der Waals surface area contributed by atoms with Crippen LogP contribution in [-0.2, 0) is 5.66 Å². The summed E-state index contributed by atoms with van der Waals surface area (Å²) >= 11 is 0. The second-order valence-corrected chi connectivity index (χ2v) is 8.96. The maximum Gasteiger partial charge on any atom is 0.333 e.